The van der Waals surface area contributed by atoms with Gasteiger partial charge in [-0.15, -0.1) is 0 Å². The highest BCUT2D eigenvalue weighted by atomic mass is 35.5. The summed E-state index contributed by atoms with van der Waals surface area (Å²) < 4.78 is 29.0. The van der Waals surface area contributed by atoms with Gasteiger partial charge >= 0.3 is 0 Å². The summed E-state index contributed by atoms with van der Waals surface area (Å²) in [6, 6.07) is 8.62. The molecule has 3 N–H and O–H groups in total. The lowest BCUT2D eigenvalue weighted by molar-refractivity contribution is 0.579. The zero-order valence-corrected chi connectivity index (χ0v) is 17.2. The molecule has 1 atom stereocenters. The molecule has 1 unspecified atom stereocenters. The van der Waals surface area contributed by atoms with Crippen molar-refractivity contribution in [3.8, 4) is 11.8 Å². The van der Waals surface area contributed by atoms with Crippen LogP contribution in [0.15, 0.2) is 47.5 Å². The number of halogens is 3. The van der Waals surface area contributed by atoms with Crippen LogP contribution in [0.4, 0.5) is 20.4 Å². The molecule has 2 aromatic heterocycles. The average Bonchev–Trinajstić information content (AvgIpc) is 2.73. The third kappa shape index (κ3) is 3.70. The molecular weight excluding hydrogens is 440 g/mol. The molecule has 0 aliphatic carbocycles. The number of hydrogen-bond acceptors (Lipinski definition) is 7. The van der Waals surface area contributed by atoms with E-state index >= 15 is 0 Å². The second-order valence-electron chi connectivity index (χ2n) is 6.83. The second kappa shape index (κ2) is 8.20. The molecule has 32 heavy (non-hydrogen) atoms. The van der Waals surface area contributed by atoms with Crippen molar-refractivity contribution in [1.29, 1.82) is 5.26 Å². The minimum absolute atomic E-state index is 0.00822. The highest BCUT2D eigenvalue weighted by molar-refractivity contribution is 6.35. The first-order valence-corrected chi connectivity index (χ1v) is 9.62. The zero-order chi connectivity index (χ0) is 23.0. The van der Waals surface area contributed by atoms with E-state index in [0.29, 0.717) is 11.6 Å². The fraction of sp³-hybridized carbons (Fsp3) is 0.0952. The van der Waals surface area contributed by atoms with E-state index in [1.54, 1.807) is 19.1 Å². The van der Waals surface area contributed by atoms with Crippen LogP contribution in [0.1, 0.15) is 24.4 Å². The number of rotatable bonds is 4. The number of anilines is 2. The average molecular weight is 454 g/mol. The molecule has 0 spiro atoms. The first-order chi connectivity index (χ1) is 15.3. The highest BCUT2D eigenvalue weighted by Crippen LogP contribution is 2.26. The first kappa shape index (κ1) is 21.1. The Balaban J connectivity index is 1.97. The van der Waals surface area contributed by atoms with Crippen LogP contribution < -0.4 is 16.6 Å². The number of nitrogens with one attached hydrogen (secondary N) is 1. The van der Waals surface area contributed by atoms with Crippen LogP contribution in [0, 0.1) is 23.0 Å². The van der Waals surface area contributed by atoms with Crippen molar-refractivity contribution < 1.29 is 8.78 Å². The van der Waals surface area contributed by atoms with Crippen LogP contribution in [0.2, 0.25) is 5.02 Å². The van der Waals surface area contributed by atoms with E-state index in [0.717, 1.165) is 16.7 Å². The third-order valence-electron chi connectivity index (χ3n) is 4.71. The van der Waals surface area contributed by atoms with Gasteiger partial charge in [-0.05, 0) is 31.2 Å². The van der Waals surface area contributed by atoms with E-state index in [2.05, 4.69) is 20.3 Å². The Hall–Kier alpha value is -4.10. The van der Waals surface area contributed by atoms with E-state index in [-0.39, 0.29) is 39.1 Å². The van der Waals surface area contributed by atoms with Gasteiger partial charge in [0.25, 0.3) is 5.56 Å². The number of nitrogens with zero attached hydrogens (tertiary/aromatic N) is 5. The molecule has 0 aliphatic rings. The molecular formula is C21H14ClF2N7O. The van der Waals surface area contributed by atoms with Gasteiger partial charge in [0.2, 0.25) is 0 Å². The third-order valence-corrected chi connectivity index (χ3v) is 5.02. The van der Waals surface area contributed by atoms with Crippen molar-refractivity contribution in [1.82, 2.24) is 19.5 Å². The van der Waals surface area contributed by atoms with Crippen molar-refractivity contribution in [2.45, 2.75) is 13.0 Å². The summed E-state index contributed by atoms with van der Waals surface area (Å²) in [6.07, 6.45) is 1.17. The lowest BCUT2D eigenvalue weighted by Gasteiger charge is -2.21. The minimum Gasteiger partial charge on any atom is -0.382 e. The zero-order valence-electron chi connectivity index (χ0n) is 16.5. The lowest BCUT2D eigenvalue weighted by atomic mass is 10.2. The van der Waals surface area contributed by atoms with Crippen LogP contribution in [-0.4, -0.2) is 19.5 Å². The molecule has 2 heterocycles. The Morgan fingerprint density at radius 2 is 1.94 bits per heavy atom. The van der Waals surface area contributed by atoms with E-state index in [9.17, 15) is 18.8 Å². The second-order valence-corrected chi connectivity index (χ2v) is 7.24. The first-order valence-electron chi connectivity index (χ1n) is 9.25. The summed E-state index contributed by atoms with van der Waals surface area (Å²) in [5, 5.41) is 12.6. The number of benzene rings is 2. The molecule has 2 aromatic carbocycles. The molecule has 8 nitrogen and oxygen atoms in total. The van der Waals surface area contributed by atoms with Crippen molar-refractivity contribution in [2.75, 3.05) is 11.1 Å². The van der Waals surface area contributed by atoms with Crippen LogP contribution in [0.25, 0.3) is 16.6 Å². The van der Waals surface area contributed by atoms with Gasteiger partial charge in [-0.2, -0.15) is 5.26 Å². The monoisotopic (exact) mass is 453 g/mol. The maximum absolute atomic E-state index is 14.0. The smallest absolute Gasteiger partial charge is 0.267 e. The van der Waals surface area contributed by atoms with Gasteiger partial charge < -0.3 is 11.1 Å². The highest BCUT2D eigenvalue weighted by Gasteiger charge is 2.22. The predicted molar refractivity (Wildman–Crippen MR) is 115 cm³/mol. The lowest BCUT2D eigenvalue weighted by Crippen LogP contribution is -2.28. The maximum atomic E-state index is 14.0. The number of nitrogen functional groups attached to an aromatic ring is 1. The van der Waals surface area contributed by atoms with Crippen molar-refractivity contribution in [3.05, 3.63) is 81.1 Å². The molecule has 4 rings (SSSR count). The largest absolute Gasteiger partial charge is 0.382 e. The Kier molecular flexibility index (Phi) is 5.42. The van der Waals surface area contributed by atoms with Crippen LogP contribution >= 0.6 is 11.6 Å². The van der Waals surface area contributed by atoms with Gasteiger partial charge in [-0.3, -0.25) is 9.36 Å². The molecule has 11 heteroatoms. The number of nitriles is 1. The molecule has 160 valence electrons. The van der Waals surface area contributed by atoms with Crippen molar-refractivity contribution in [2.24, 2.45) is 0 Å². The summed E-state index contributed by atoms with van der Waals surface area (Å²) in [5.74, 6) is -1.54. The number of fused-ring (bicyclic) bond motifs is 1. The molecule has 0 fully saturated rings. The molecule has 0 saturated carbocycles. The molecule has 0 bridgehead atoms. The fourth-order valence-electron chi connectivity index (χ4n) is 3.30. The topological polar surface area (TPSA) is 123 Å². The van der Waals surface area contributed by atoms with E-state index in [1.165, 1.54) is 12.4 Å². The maximum Gasteiger partial charge on any atom is 0.267 e. The summed E-state index contributed by atoms with van der Waals surface area (Å²) in [7, 11) is 0. The number of nitrogens with two attached hydrogens (primary N) is 1. The van der Waals surface area contributed by atoms with E-state index in [1.807, 2.05) is 6.07 Å². The predicted octanol–water partition coefficient (Wildman–Crippen LogP) is 3.73. The van der Waals surface area contributed by atoms with E-state index in [4.69, 9.17) is 17.3 Å². The molecule has 0 amide bonds. The Morgan fingerprint density at radius 3 is 2.62 bits per heavy atom. The quantitative estimate of drug-likeness (QED) is 0.482. The summed E-state index contributed by atoms with van der Waals surface area (Å²) in [4.78, 5) is 25.7. The Morgan fingerprint density at radius 1 is 1.22 bits per heavy atom. The summed E-state index contributed by atoms with van der Waals surface area (Å²) in [6.45, 7) is 1.64. The van der Waals surface area contributed by atoms with Crippen molar-refractivity contribution >= 4 is 34.1 Å². The summed E-state index contributed by atoms with van der Waals surface area (Å²) >= 11 is 6.22. The SMILES string of the molecule is CC(Nc1ncnc(N)c1C#N)c1nc2cccc(Cl)c2c(=O)n1-c1cc(F)cc(F)c1. The molecule has 4 aromatic rings. The van der Waals surface area contributed by atoms with Crippen LogP contribution in [-0.2, 0) is 0 Å². The van der Waals surface area contributed by atoms with Gasteiger partial charge in [0, 0.05) is 6.07 Å². The molecule has 0 aliphatic heterocycles. The van der Waals surface area contributed by atoms with Crippen molar-refractivity contribution in [3.63, 3.8) is 0 Å². The molecule has 0 saturated heterocycles. The van der Waals surface area contributed by atoms with Crippen LogP contribution in [0.3, 0.4) is 0 Å². The van der Waals surface area contributed by atoms with E-state index < -0.39 is 23.2 Å². The summed E-state index contributed by atoms with van der Waals surface area (Å²) in [5.41, 5.74) is 5.35. The number of hydrogen-bond donors (Lipinski definition) is 2. The standard InChI is InChI=1S/C21H14ClF2N7O/c1-10(29-19-14(8-25)18(26)27-9-28-19)20-30-16-4-2-3-15(22)17(16)21(32)31(20)13-6-11(23)5-12(24)7-13/h2-7,9-10H,1H3,(H3,26,27,28,29). The normalized spacial score (nSPS) is 11.8. The molecule has 0 radical (unpaired) electrons. The fourth-order valence-corrected chi connectivity index (χ4v) is 3.55. The van der Waals surface area contributed by atoms with Gasteiger partial charge in [-0.1, -0.05) is 17.7 Å². The van der Waals surface area contributed by atoms with Crippen LogP contribution in [0.5, 0.6) is 0 Å². The van der Waals surface area contributed by atoms with Gasteiger partial charge in [0.1, 0.15) is 47.1 Å². The van der Waals surface area contributed by atoms with Gasteiger partial charge in [0.15, 0.2) is 0 Å². The Bertz CT molecular complexity index is 1450. The number of aromatic nitrogens is 4. The Labute approximate surface area is 184 Å². The van der Waals surface area contributed by atoms with Gasteiger partial charge in [-0.25, -0.2) is 23.7 Å². The minimum atomic E-state index is -0.868. The van der Waals surface area contributed by atoms with Gasteiger partial charge in [0.05, 0.1) is 27.7 Å².